The van der Waals surface area contributed by atoms with Crippen molar-refractivity contribution in [2.24, 2.45) is 0 Å². The van der Waals surface area contributed by atoms with Gasteiger partial charge in [-0.25, -0.2) is 23.8 Å². The average molecular weight is 525 g/mol. The van der Waals surface area contributed by atoms with Gasteiger partial charge in [-0.2, -0.15) is 5.10 Å². The Morgan fingerprint density at radius 2 is 1.95 bits per heavy atom. The van der Waals surface area contributed by atoms with Crippen LogP contribution in [0, 0.1) is 5.82 Å². The van der Waals surface area contributed by atoms with E-state index in [4.69, 9.17) is 31.5 Å². The standard InChI is InChI=1S/C26H26ClFN6O3/c1-26(31-25(35)36)10-12-33(13-11-26)20-14-29-23-22(18-4-3-5-19(27)21(18)28)32-34(24(23)30-20)15-16-6-8-17(37-2)9-7-16/h3-9,14,31H,10-13,15H2,1-2H3,(H,35,36). The maximum absolute atomic E-state index is 15.0. The largest absolute Gasteiger partial charge is 0.497 e. The maximum atomic E-state index is 15.0. The zero-order chi connectivity index (χ0) is 26.2. The third-order valence-corrected chi connectivity index (χ3v) is 7.02. The van der Waals surface area contributed by atoms with E-state index >= 15 is 0 Å². The van der Waals surface area contributed by atoms with Gasteiger partial charge in [0.1, 0.15) is 22.8 Å². The summed E-state index contributed by atoms with van der Waals surface area (Å²) in [5.41, 5.74) is 2.06. The van der Waals surface area contributed by atoms with Gasteiger partial charge in [-0.05, 0) is 49.6 Å². The van der Waals surface area contributed by atoms with Crippen LogP contribution in [0.5, 0.6) is 5.75 Å². The molecule has 5 rings (SSSR count). The number of nitrogens with one attached hydrogen (secondary N) is 1. The van der Waals surface area contributed by atoms with E-state index in [0.717, 1.165) is 11.3 Å². The number of benzene rings is 2. The van der Waals surface area contributed by atoms with E-state index < -0.39 is 17.4 Å². The minimum atomic E-state index is -1.03. The molecule has 1 aliphatic rings. The van der Waals surface area contributed by atoms with E-state index in [1.807, 2.05) is 31.2 Å². The summed E-state index contributed by atoms with van der Waals surface area (Å²) in [7, 11) is 1.61. The van der Waals surface area contributed by atoms with Crippen LogP contribution >= 0.6 is 11.6 Å². The number of amides is 1. The quantitative estimate of drug-likeness (QED) is 0.367. The fourth-order valence-electron chi connectivity index (χ4n) is 4.58. The Kier molecular flexibility index (Phi) is 6.59. The van der Waals surface area contributed by atoms with Crippen molar-refractivity contribution in [2.75, 3.05) is 25.1 Å². The minimum Gasteiger partial charge on any atom is -0.497 e. The summed E-state index contributed by atoms with van der Waals surface area (Å²) in [5.74, 6) is 0.832. The Morgan fingerprint density at radius 3 is 2.62 bits per heavy atom. The molecule has 9 nitrogen and oxygen atoms in total. The molecule has 0 spiro atoms. The predicted octanol–water partition coefficient (Wildman–Crippen LogP) is 4.97. The van der Waals surface area contributed by atoms with Gasteiger partial charge in [0, 0.05) is 24.2 Å². The smallest absolute Gasteiger partial charge is 0.405 e. The third-order valence-electron chi connectivity index (χ3n) is 6.73. The molecule has 1 amide bonds. The molecule has 0 atom stereocenters. The Balaban J connectivity index is 1.53. The van der Waals surface area contributed by atoms with Crippen LogP contribution in [-0.2, 0) is 6.54 Å². The lowest BCUT2D eigenvalue weighted by Crippen LogP contribution is -2.53. The highest BCUT2D eigenvalue weighted by Gasteiger charge is 2.32. The van der Waals surface area contributed by atoms with E-state index in [2.05, 4.69) is 15.2 Å². The van der Waals surface area contributed by atoms with Gasteiger partial charge < -0.3 is 20.1 Å². The lowest BCUT2D eigenvalue weighted by atomic mass is 9.90. The van der Waals surface area contributed by atoms with E-state index in [9.17, 15) is 9.18 Å². The second kappa shape index (κ2) is 9.85. The summed E-state index contributed by atoms with van der Waals surface area (Å²) < 4.78 is 21.9. The fourth-order valence-corrected chi connectivity index (χ4v) is 4.75. The summed E-state index contributed by atoms with van der Waals surface area (Å²) in [4.78, 5) is 22.8. The normalized spacial score (nSPS) is 15.1. The van der Waals surface area contributed by atoms with Crippen LogP contribution < -0.4 is 15.0 Å². The highest BCUT2D eigenvalue weighted by Crippen LogP contribution is 2.33. The Morgan fingerprint density at radius 1 is 1.22 bits per heavy atom. The topological polar surface area (TPSA) is 105 Å². The van der Waals surface area contributed by atoms with Gasteiger partial charge in [0.05, 0.1) is 24.9 Å². The van der Waals surface area contributed by atoms with E-state index in [1.54, 1.807) is 30.1 Å². The van der Waals surface area contributed by atoms with Gasteiger partial charge in [0.15, 0.2) is 11.5 Å². The monoisotopic (exact) mass is 524 g/mol. The summed E-state index contributed by atoms with van der Waals surface area (Å²) in [6.45, 7) is 3.52. The molecule has 0 unspecified atom stereocenters. The highest BCUT2D eigenvalue weighted by atomic mass is 35.5. The van der Waals surface area contributed by atoms with Gasteiger partial charge in [0.25, 0.3) is 0 Å². The molecule has 1 saturated heterocycles. The first-order valence-corrected chi connectivity index (χ1v) is 12.2. The summed E-state index contributed by atoms with van der Waals surface area (Å²) in [5, 5.41) is 16.5. The number of hydrogen-bond acceptors (Lipinski definition) is 6. The van der Waals surface area contributed by atoms with Crippen LogP contribution in [0.25, 0.3) is 22.4 Å². The van der Waals surface area contributed by atoms with Crippen LogP contribution in [0.4, 0.5) is 15.0 Å². The van der Waals surface area contributed by atoms with Crippen molar-refractivity contribution >= 4 is 34.7 Å². The number of fused-ring (bicyclic) bond motifs is 1. The van der Waals surface area contributed by atoms with Crippen molar-refractivity contribution in [2.45, 2.75) is 31.8 Å². The fraction of sp³-hybridized carbons (Fsp3) is 0.308. The van der Waals surface area contributed by atoms with Crippen molar-refractivity contribution in [3.05, 3.63) is 65.1 Å². The van der Waals surface area contributed by atoms with Crippen molar-refractivity contribution in [3.8, 4) is 17.0 Å². The van der Waals surface area contributed by atoms with Crippen molar-refractivity contribution < 1.29 is 19.0 Å². The summed E-state index contributed by atoms with van der Waals surface area (Å²) >= 11 is 6.06. The number of ether oxygens (including phenoxy) is 1. The van der Waals surface area contributed by atoms with Gasteiger partial charge in [-0.1, -0.05) is 29.8 Å². The zero-order valence-electron chi connectivity index (χ0n) is 20.4. The molecule has 3 heterocycles. The first-order valence-electron chi connectivity index (χ1n) is 11.8. The average Bonchev–Trinajstić information content (AvgIpc) is 3.23. The molecule has 4 aromatic rings. The molecule has 11 heteroatoms. The molecule has 192 valence electrons. The predicted molar refractivity (Wildman–Crippen MR) is 139 cm³/mol. The second-order valence-corrected chi connectivity index (χ2v) is 9.74. The highest BCUT2D eigenvalue weighted by molar-refractivity contribution is 6.31. The minimum absolute atomic E-state index is 0.00581. The number of aromatic nitrogens is 4. The molecule has 0 aliphatic carbocycles. The van der Waals surface area contributed by atoms with Gasteiger partial charge in [0.2, 0.25) is 0 Å². The molecular formula is C26H26ClFN6O3. The molecule has 2 aromatic carbocycles. The van der Waals surface area contributed by atoms with Crippen LogP contribution in [0.15, 0.2) is 48.7 Å². The van der Waals surface area contributed by atoms with Crippen molar-refractivity contribution in [3.63, 3.8) is 0 Å². The van der Waals surface area contributed by atoms with Gasteiger partial charge >= 0.3 is 6.09 Å². The molecule has 0 saturated carbocycles. The first-order chi connectivity index (χ1) is 17.8. The SMILES string of the molecule is COc1ccc(Cn2nc(-c3cccc(Cl)c3F)c3ncc(N4CCC(C)(NC(=O)O)CC4)nc32)cc1. The van der Waals surface area contributed by atoms with Crippen LogP contribution in [0.2, 0.25) is 5.02 Å². The third kappa shape index (κ3) is 5.01. The number of nitrogens with zero attached hydrogens (tertiary/aromatic N) is 5. The lowest BCUT2D eigenvalue weighted by Gasteiger charge is -2.39. The first kappa shape index (κ1) is 24.8. The Labute approximate surface area is 217 Å². The zero-order valence-corrected chi connectivity index (χ0v) is 21.2. The number of carbonyl (C=O) groups is 1. The maximum Gasteiger partial charge on any atom is 0.405 e. The second-order valence-electron chi connectivity index (χ2n) is 9.33. The molecule has 37 heavy (non-hydrogen) atoms. The number of rotatable bonds is 6. The number of hydrogen-bond donors (Lipinski definition) is 2. The van der Waals surface area contributed by atoms with Crippen LogP contribution in [0.1, 0.15) is 25.3 Å². The van der Waals surface area contributed by atoms with Gasteiger partial charge in [-0.3, -0.25) is 0 Å². The Hall–Kier alpha value is -3.92. The number of methoxy groups -OCH3 is 1. The number of carboxylic acid groups (broad SMARTS) is 1. The number of anilines is 1. The summed E-state index contributed by atoms with van der Waals surface area (Å²) in [6, 6.07) is 12.4. The number of halogens is 2. The van der Waals surface area contributed by atoms with E-state index in [-0.39, 0.29) is 10.6 Å². The molecule has 1 fully saturated rings. The van der Waals surface area contributed by atoms with E-state index in [0.29, 0.717) is 55.2 Å². The molecule has 0 bridgehead atoms. The lowest BCUT2D eigenvalue weighted by molar-refractivity contribution is 0.173. The van der Waals surface area contributed by atoms with Gasteiger partial charge in [-0.15, -0.1) is 0 Å². The van der Waals surface area contributed by atoms with Crippen molar-refractivity contribution in [1.29, 1.82) is 0 Å². The van der Waals surface area contributed by atoms with Crippen LogP contribution in [0.3, 0.4) is 0 Å². The molecular weight excluding hydrogens is 499 g/mol. The molecule has 2 N–H and O–H groups in total. The molecule has 1 aliphatic heterocycles. The molecule has 2 aromatic heterocycles. The summed E-state index contributed by atoms with van der Waals surface area (Å²) in [6.07, 6.45) is 1.88. The molecule has 0 radical (unpaired) electrons. The Bertz CT molecular complexity index is 1450. The van der Waals surface area contributed by atoms with E-state index in [1.165, 1.54) is 6.07 Å². The van der Waals surface area contributed by atoms with Crippen molar-refractivity contribution in [1.82, 2.24) is 25.1 Å². The van der Waals surface area contributed by atoms with Crippen LogP contribution in [-0.4, -0.2) is 56.7 Å². The number of piperidine rings is 1.